The lowest BCUT2D eigenvalue weighted by atomic mass is 10.0. The van der Waals surface area contributed by atoms with Crippen LogP contribution in [0.4, 0.5) is 0 Å². The summed E-state index contributed by atoms with van der Waals surface area (Å²) >= 11 is 0. The molecule has 0 spiro atoms. The summed E-state index contributed by atoms with van der Waals surface area (Å²) in [6.45, 7) is 3.60. The van der Waals surface area contributed by atoms with Crippen molar-refractivity contribution in [3.05, 3.63) is 34.9 Å². The zero-order chi connectivity index (χ0) is 12.1. The fraction of sp³-hybridized carbons (Fsp3) is 0.308. The Morgan fingerprint density at radius 1 is 1.44 bits per heavy atom. The van der Waals surface area contributed by atoms with Crippen molar-refractivity contribution in [3.8, 4) is 5.75 Å². The van der Waals surface area contributed by atoms with Crippen LogP contribution in [0.25, 0.3) is 6.08 Å². The van der Waals surface area contributed by atoms with Crippen molar-refractivity contribution in [2.24, 2.45) is 0 Å². The van der Waals surface area contributed by atoms with E-state index in [4.69, 9.17) is 5.11 Å². The first-order chi connectivity index (χ1) is 7.54. The maximum atomic E-state index is 10.7. The van der Waals surface area contributed by atoms with Gasteiger partial charge in [-0.15, -0.1) is 0 Å². The number of aromatic hydroxyl groups is 1. The van der Waals surface area contributed by atoms with Crippen LogP contribution in [0.3, 0.4) is 0 Å². The van der Waals surface area contributed by atoms with E-state index in [9.17, 15) is 9.90 Å². The molecule has 0 unspecified atom stereocenters. The Bertz CT molecular complexity index is 419. The number of phenols is 1. The van der Waals surface area contributed by atoms with Crippen molar-refractivity contribution in [3.63, 3.8) is 0 Å². The number of aliphatic carboxylic acids is 1. The molecule has 0 atom stereocenters. The second kappa shape index (κ2) is 5.35. The third-order valence-corrected chi connectivity index (χ3v) is 2.36. The van der Waals surface area contributed by atoms with Gasteiger partial charge in [0.05, 0.1) is 0 Å². The molecule has 2 N–H and O–H groups in total. The normalized spacial score (nSPS) is 11.5. The van der Waals surface area contributed by atoms with Gasteiger partial charge in [-0.05, 0) is 42.7 Å². The van der Waals surface area contributed by atoms with Gasteiger partial charge in [-0.2, -0.15) is 0 Å². The van der Waals surface area contributed by atoms with E-state index in [1.165, 1.54) is 0 Å². The average Bonchev–Trinajstić information content (AvgIpc) is 2.22. The molecule has 1 aromatic rings. The number of carboxylic acid groups (broad SMARTS) is 1. The molecule has 16 heavy (non-hydrogen) atoms. The van der Waals surface area contributed by atoms with Crippen LogP contribution in [-0.2, 0) is 11.2 Å². The molecule has 0 fully saturated rings. The molecular formula is C13H16O3. The molecule has 86 valence electrons. The summed E-state index contributed by atoms with van der Waals surface area (Å²) in [5, 5.41) is 18.2. The van der Waals surface area contributed by atoms with E-state index < -0.39 is 5.97 Å². The SMILES string of the molecule is CCCc1ccc(O)cc1/C=C(\C)C(=O)O. The molecule has 1 rings (SSSR count). The molecule has 0 aliphatic carbocycles. The molecule has 0 amide bonds. The van der Waals surface area contributed by atoms with Gasteiger partial charge in [-0.25, -0.2) is 4.79 Å². The molecule has 0 radical (unpaired) electrons. The molecule has 0 aliphatic rings. The lowest BCUT2D eigenvalue weighted by Crippen LogP contribution is -1.97. The molecule has 0 saturated carbocycles. The summed E-state index contributed by atoms with van der Waals surface area (Å²) < 4.78 is 0. The van der Waals surface area contributed by atoms with Crippen LogP contribution in [-0.4, -0.2) is 16.2 Å². The first-order valence-corrected chi connectivity index (χ1v) is 5.28. The summed E-state index contributed by atoms with van der Waals surface area (Å²) in [7, 11) is 0. The highest BCUT2D eigenvalue weighted by Crippen LogP contribution is 2.20. The molecule has 0 aliphatic heterocycles. The predicted octanol–water partition coefficient (Wildman–Crippen LogP) is 2.83. The minimum Gasteiger partial charge on any atom is -0.508 e. The highest BCUT2D eigenvalue weighted by atomic mass is 16.4. The first kappa shape index (κ1) is 12.3. The van der Waals surface area contributed by atoms with E-state index in [1.807, 2.05) is 6.07 Å². The third-order valence-electron chi connectivity index (χ3n) is 2.36. The van der Waals surface area contributed by atoms with E-state index >= 15 is 0 Å². The molecule has 3 nitrogen and oxygen atoms in total. The van der Waals surface area contributed by atoms with E-state index in [0.717, 1.165) is 24.0 Å². The monoisotopic (exact) mass is 220 g/mol. The van der Waals surface area contributed by atoms with Gasteiger partial charge in [0.2, 0.25) is 0 Å². The molecule has 0 aromatic heterocycles. The first-order valence-electron chi connectivity index (χ1n) is 5.28. The number of carbonyl (C=O) groups is 1. The Labute approximate surface area is 95.0 Å². The van der Waals surface area contributed by atoms with Crippen LogP contribution >= 0.6 is 0 Å². The van der Waals surface area contributed by atoms with Crippen LogP contribution in [0.2, 0.25) is 0 Å². The predicted molar refractivity (Wildman–Crippen MR) is 63.4 cm³/mol. The minimum absolute atomic E-state index is 0.157. The second-order valence-corrected chi connectivity index (χ2v) is 3.77. The number of rotatable bonds is 4. The largest absolute Gasteiger partial charge is 0.508 e. The average molecular weight is 220 g/mol. The molecular weight excluding hydrogens is 204 g/mol. The number of carboxylic acids is 1. The van der Waals surface area contributed by atoms with Crippen molar-refractivity contribution >= 4 is 12.0 Å². The van der Waals surface area contributed by atoms with Gasteiger partial charge in [0.25, 0.3) is 0 Å². The van der Waals surface area contributed by atoms with Crippen molar-refractivity contribution in [1.29, 1.82) is 0 Å². The van der Waals surface area contributed by atoms with E-state index in [-0.39, 0.29) is 11.3 Å². The van der Waals surface area contributed by atoms with E-state index in [0.29, 0.717) is 0 Å². The summed E-state index contributed by atoms with van der Waals surface area (Å²) in [6.07, 6.45) is 3.45. The molecule has 1 aromatic carbocycles. The van der Waals surface area contributed by atoms with Gasteiger partial charge in [0.1, 0.15) is 5.75 Å². The van der Waals surface area contributed by atoms with Gasteiger partial charge in [0, 0.05) is 5.57 Å². The third kappa shape index (κ3) is 3.12. The van der Waals surface area contributed by atoms with Crippen molar-refractivity contribution in [1.82, 2.24) is 0 Å². The van der Waals surface area contributed by atoms with Gasteiger partial charge in [-0.1, -0.05) is 19.4 Å². The quantitative estimate of drug-likeness (QED) is 0.767. The standard InChI is InChI=1S/C13H16O3/c1-3-4-10-5-6-12(14)8-11(10)7-9(2)13(15)16/h5-8,14H,3-4H2,1-2H3,(H,15,16)/b9-7+. The number of hydrogen-bond acceptors (Lipinski definition) is 2. The van der Waals surface area contributed by atoms with Crippen LogP contribution in [0.1, 0.15) is 31.4 Å². The van der Waals surface area contributed by atoms with Crippen LogP contribution in [0.15, 0.2) is 23.8 Å². The van der Waals surface area contributed by atoms with Gasteiger partial charge < -0.3 is 10.2 Å². The summed E-state index contributed by atoms with van der Waals surface area (Å²) in [4.78, 5) is 10.7. The number of benzene rings is 1. The van der Waals surface area contributed by atoms with Crippen molar-refractivity contribution in [2.45, 2.75) is 26.7 Å². The Morgan fingerprint density at radius 3 is 2.69 bits per heavy atom. The highest BCUT2D eigenvalue weighted by molar-refractivity contribution is 5.91. The fourth-order valence-electron chi connectivity index (χ4n) is 1.51. The molecule has 0 saturated heterocycles. The lowest BCUT2D eigenvalue weighted by Gasteiger charge is -2.06. The number of hydrogen-bond donors (Lipinski definition) is 2. The Balaban J connectivity index is 3.14. The smallest absolute Gasteiger partial charge is 0.331 e. The van der Waals surface area contributed by atoms with E-state index in [1.54, 1.807) is 25.1 Å². The summed E-state index contributed by atoms with van der Waals surface area (Å²) in [6, 6.07) is 5.05. The zero-order valence-electron chi connectivity index (χ0n) is 9.53. The van der Waals surface area contributed by atoms with E-state index in [2.05, 4.69) is 6.92 Å². The second-order valence-electron chi connectivity index (χ2n) is 3.77. The van der Waals surface area contributed by atoms with Crippen LogP contribution < -0.4 is 0 Å². The van der Waals surface area contributed by atoms with Crippen LogP contribution in [0, 0.1) is 0 Å². The Hall–Kier alpha value is -1.77. The van der Waals surface area contributed by atoms with Gasteiger partial charge in [0.15, 0.2) is 0 Å². The highest BCUT2D eigenvalue weighted by Gasteiger charge is 2.04. The van der Waals surface area contributed by atoms with Gasteiger partial charge >= 0.3 is 5.97 Å². The number of phenolic OH excluding ortho intramolecular Hbond substituents is 1. The van der Waals surface area contributed by atoms with Crippen molar-refractivity contribution < 1.29 is 15.0 Å². The molecule has 0 bridgehead atoms. The fourth-order valence-corrected chi connectivity index (χ4v) is 1.51. The zero-order valence-corrected chi connectivity index (χ0v) is 9.53. The summed E-state index contributed by atoms with van der Waals surface area (Å²) in [5.74, 6) is -0.782. The van der Waals surface area contributed by atoms with Crippen LogP contribution in [0.5, 0.6) is 5.75 Å². The molecule has 3 heteroatoms. The topological polar surface area (TPSA) is 57.5 Å². The minimum atomic E-state index is -0.939. The number of aryl methyl sites for hydroxylation is 1. The lowest BCUT2D eigenvalue weighted by molar-refractivity contribution is -0.132. The van der Waals surface area contributed by atoms with Crippen molar-refractivity contribution in [2.75, 3.05) is 0 Å². The molecule has 0 heterocycles. The Kier molecular flexibility index (Phi) is 4.11. The maximum absolute atomic E-state index is 10.7. The van der Waals surface area contributed by atoms with Gasteiger partial charge in [-0.3, -0.25) is 0 Å². The maximum Gasteiger partial charge on any atom is 0.331 e. The Morgan fingerprint density at radius 2 is 2.12 bits per heavy atom. The summed E-state index contributed by atoms with van der Waals surface area (Å²) in [5.41, 5.74) is 2.10.